The van der Waals surface area contributed by atoms with Crippen LogP contribution < -0.4 is 30.7 Å². The topological polar surface area (TPSA) is 145 Å². The molecule has 30 heavy (non-hydrogen) atoms. The minimum atomic E-state index is -0.696. The number of nitriles is 2. The Balaban J connectivity index is 2.39. The Kier molecular flexibility index (Phi) is 8.56. The number of amides is 1. The van der Waals surface area contributed by atoms with Gasteiger partial charge in [-0.3, -0.25) is 14.2 Å². The number of methoxy groups -OCH3 is 1. The van der Waals surface area contributed by atoms with Crippen LogP contribution in [0.4, 0.5) is 11.6 Å². The molecule has 3 N–H and O–H groups in total. The van der Waals surface area contributed by atoms with Crippen molar-refractivity contribution in [1.82, 2.24) is 14.9 Å². The van der Waals surface area contributed by atoms with Gasteiger partial charge in [0.1, 0.15) is 33.4 Å². The number of rotatable bonds is 9. The molecule has 0 atom stereocenters. The second-order valence-corrected chi connectivity index (χ2v) is 6.80. The number of nitrogens with zero attached hydrogens (tertiary/aromatic N) is 4. The van der Waals surface area contributed by atoms with Crippen LogP contribution in [0.3, 0.4) is 0 Å². The van der Waals surface area contributed by atoms with Crippen LogP contribution in [0.25, 0.3) is 11.8 Å². The number of nitrogens with one attached hydrogen (secondary N) is 3. The van der Waals surface area contributed by atoms with E-state index < -0.39 is 5.91 Å². The van der Waals surface area contributed by atoms with Gasteiger partial charge in [-0.2, -0.15) is 10.5 Å². The normalized spacial score (nSPS) is 11.9. The number of carbonyl (C=O) groups is 1. The zero-order valence-electron chi connectivity index (χ0n) is 16.6. The number of carbonyl (C=O) groups excluding carboxylic acids is 1. The third kappa shape index (κ3) is 5.67. The number of ether oxygens (including phenoxy) is 1. The first-order chi connectivity index (χ1) is 14.5. The van der Waals surface area contributed by atoms with E-state index in [1.165, 1.54) is 10.8 Å². The van der Waals surface area contributed by atoms with E-state index in [0.717, 1.165) is 11.3 Å². The van der Waals surface area contributed by atoms with E-state index in [2.05, 4.69) is 20.9 Å². The predicted octanol–water partition coefficient (Wildman–Crippen LogP) is -0.453. The standard InChI is InChI=1S/C19H21N7O3S/c1-3-26-18(28)14(30-19(26)13(11-21)17(27)23-8-7-20)12-24-16-6-4-5-15(25-16)22-9-10-29-2/h4-6,12H,3,8-10H2,1-2H3,(H,23,27)(H2,22,24,25)/b14-12+,19-13-. The van der Waals surface area contributed by atoms with Gasteiger partial charge in [-0.1, -0.05) is 6.07 Å². The fourth-order valence-electron chi connectivity index (χ4n) is 2.43. The summed E-state index contributed by atoms with van der Waals surface area (Å²) in [6.45, 7) is 2.94. The summed E-state index contributed by atoms with van der Waals surface area (Å²) < 4.78 is 6.88. The van der Waals surface area contributed by atoms with Gasteiger partial charge in [0.25, 0.3) is 11.5 Å². The number of hydrogen-bond donors (Lipinski definition) is 3. The van der Waals surface area contributed by atoms with Crippen molar-refractivity contribution in [3.63, 3.8) is 0 Å². The lowest BCUT2D eigenvalue weighted by Gasteiger charge is -2.06. The van der Waals surface area contributed by atoms with Crippen molar-refractivity contribution in [2.75, 3.05) is 37.4 Å². The smallest absolute Gasteiger partial charge is 0.270 e. The van der Waals surface area contributed by atoms with Crippen molar-refractivity contribution in [2.24, 2.45) is 0 Å². The number of thiazole rings is 1. The molecular weight excluding hydrogens is 406 g/mol. The number of pyridine rings is 1. The second kappa shape index (κ2) is 11.4. The third-order valence-electron chi connectivity index (χ3n) is 3.82. The van der Waals surface area contributed by atoms with E-state index in [9.17, 15) is 14.9 Å². The van der Waals surface area contributed by atoms with Crippen molar-refractivity contribution in [2.45, 2.75) is 13.5 Å². The average Bonchev–Trinajstić information content (AvgIpc) is 3.06. The van der Waals surface area contributed by atoms with E-state index in [-0.39, 0.29) is 28.9 Å². The number of anilines is 2. The molecule has 2 rings (SSSR count). The van der Waals surface area contributed by atoms with Gasteiger partial charge in [0.2, 0.25) is 0 Å². The highest BCUT2D eigenvalue weighted by Crippen LogP contribution is 2.08. The molecule has 0 saturated carbocycles. The molecule has 2 heterocycles. The molecule has 0 fully saturated rings. The molecule has 0 radical (unpaired) electrons. The molecule has 0 unspecified atom stereocenters. The summed E-state index contributed by atoms with van der Waals surface area (Å²) in [5.74, 6) is 0.474. The van der Waals surface area contributed by atoms with Crippen LogP contribution in [-0.4, -0.2) is 42.3 Å². The first-order valence-electron chi connectivity index (χ1n) is 9.01. The Morgan fingerprint density at radius 2 is 2.13 bits per heavy atom. The summed E-state index contributed by atoms with van der Waals surface area (Å²) in [4.78, 5) is 29.2. The average molecular weight is 427 g/mol. The van der Waals surface area contributed by atoms with Gasteiger partial charge in [-0.25, -0.2) is 4.98 Å². The SMILES string of the molecule is CCn1c(=O)/c(=C\Nc2cccc(NCCOC)n2)s/c1=C(/C#N)C(=O)NCC#N. The van der Waals surface area contributed by atoms with Crippen LogP contribution >= 0.6 is 11.3 Å². The van der Waals surface area contributed by atoms with E-state index in [4.69, 9.17) is 10.00 Å². The molecule has 0 aliphatic carbocycles. The van der Waals surface area contributed by atoms with Crippen molar-refractivity contribution in [1.29, 1.82) is 10.5 Å². The van der Waals surface area contributed by atoms with Crippen LogP contribution in [0.2, 0.25) is 0 Å². The Morgan fingerprint density at radius 3 is 2.80 bits per heavy atom. The summed E-state index contributed by atoms with van der Waals surface area (Å²) in [5, 5.41) is 26.4. The Hall–Kier alpha value is -3.67. The van der Waals surface area contributed by atoms with Crippen LogP contribution in [0, 0.1) is 22.7 Å². The lowest BCUT2D eigenvalue weighted by atomic mass is 10.3. The Labute approximate surface area is 176 Å². The van der Waals surface area contributed by atoms with Gasteiger partial charge in [0.15, 0.2) is 5.57 Å². The molecule has 0 spiro atoms. The van der Waals surface area contributed by atoms with Crippen molar-refractivity contribution >= 4 is 40.7 Å². The number of hydrogen-bond acceptors (Lipinski definition) is 9. The lowest BCUT2D eigenvalue weighted by molar-refractivity contribution is -0.115. The van der Waals surface area contributed by atoms with E-state index >= 15 is 0 Å². The van der Waals surface area contributed by atoms with Crippen molar-refractivity contribution in [3.8, 4) is 12.1 Å². The van der Waals surface area contributed by atoms with Gasteiger partial charge in [-0.05, 0) is 19.1 Å². The van der Waals surface area contributed by atoms with Crippen LogP contribution in [0.5, 0.6) is 0 Å². The molecule has 0 aliphatic rings. The van der Waals surface area contributed by atoms with E-state index in [1.54, 1.807) is 26.2 Å². The van der Waals surface area contributed by atoms with Crippen molar-refractivity contribution in [3.05, 3.63) is 37.7 Å². The van der Waals surface area contributed by atoms with Crippen molar-refractivity contribution < 1.29 is 9.53 Å². The molecule has 156 valence electrons. The molecule has 11 heteroatoms. The van der Waals surface area contributed by atoms with Gasteiger partial charge in [0, 0.05) is 26.4 Å². The molecule has 0 aliphatic heterocycles. The summed E-state index contributed by atoms with van der Waals surface area (Å²) in [6, 6.07) is 8.97. The monoisotopic (exact) mass is 427 g/mol. The van der Waals surface area contributed by atoms with E-state index in [1.807, 2.05) is 18.2 Å². The highest BCUT2D eigenvalue weighted by atomic mass is 32.1. The van der Waals surface area contributed by atoms with Gasteiger partial charge < -0.3 is 20.7 Å². The lowest BCUT2D eigenvalue weighted by Crippen LogP contribution is -2.34. The van der Waals surface area contributed by atoms with Crippen LogP contribution in [0.15, 0.2) is 23.0 Å². The zero-order valence-corrected chi connectivity index (χ0v) is 17.4. The minimum Gasteiger partial charge on any atom is -0.383 e. The van der Waals surface area contributed by atoms with Crippen LogP contribution in [0.1, 0.15) is 6.92 Å². The summed E-state index contributed by atoms with van der Waals surface area (Å²) >= 11 is 1.01. The van der Waals surface area contributed by atoms with E-state index in [0.29, 0.717) is 29.3 Å². The molecule has 2 aromatic rings. The predicted molar refractivity (Wildman–Crippen MR) is 114 cm³/mol. The molecule has 10 nitrogen and oxygen atoms in total. The first kappa shape index (κ1) is 22.6. The summed E-state index contributed by atoms with van der Waals surface area (Å²) in [5.41, 5.74) is -0.545. The molecule has 0 bridgehead atoms. The maximum Gasteiger partial charge on any atom is 0.270 e. The number of aromatic nitrogens is 2. The second-order valence-electron chi connectivity index (χ2n) is 5.76. The Morgan fingerprint density at radius 1 is 1.37 bits per heavy atom. The summed E-state index contributed by atoms with van der Waals surface area (Å²) in [7, 11) is 1.61. The van der Waals surface area contributed by atoms with Gasteiger partial charge in [-0.15, -0.1) is 11.3 Å². The zero-order chi connectivity index (χ0) is 21.9. The molecule has 0 aromatic carbocycles. The quantitative estimate of drug-likeness (QED) is 0.360. The maximum absolute atomic E-state index is 12.7. The fraction of sp³-hybridized carbons (Fsp3) is 0.316. The van der Waals surface area contributed by atoms with Gasteiger partial charge in [0.05, 0.1) is 12.7 Å². The molecule has 1 amide bonds. The molecule has 2 aromatic heterocycles. The van der Waals surface area contributed by atoms with Crippen LogP contribution in [-0.2, 0) is 16.1 Å². The molecule has 0 saturated heterocycles. The Bertz CT molecular complexity index is 1150. The third-order valence-corrected chi connectivity index (χ3v) is 4.95. The first-order valence-corrected chi connectivity index (χ1v) is 9.83. The maximum atomic E-state index is 12.7. The molecular formula is C19H21N7O3S. The highest BCUT2D eigenvalue weighted by Gasteiger charge is 2.14. The minimum absolute atomic E-state index is 0.212. The fourth-order valence-corrected chi connectivity index (χ4v) is 3.52. The highest BCUT2D eigenvalue weighted by molar-refractivity contribution is 7.07. The van der Waals surface area contributed by atoms with Gasteiger partial charge >= 0.3 is 0 Å². The summed E-state index contributed by atoms with van der Waals surface area (Å²) in [6.07, 6.45) is 1.49. The largest absolute Gasteiger partial charge is 0.383 e.